The fourth-order valence-electron chi connectivity index (χ4n) is 3.56. The van der Waals surface area contributed by atoms with Gasteiger partial charge in [-0.3, -0.25) is 9.69 Å². The normalized spacial score (nSPS) is 25.9. The number of carbonyl (C=O) groups excluding carboxylic acids is 2. The summed E-state index contributed by atoms with van der Waals surface area (Å²) in [5.74, 6) is -0.136. The van der Waals surface area contributed by atoms with Crippen LogP contribution in [0.4, 0.5) is 4.79 Å². The summed E-state index contributed by atoms with van der Waals surface area (Å²) in [5.41, 5.74) is 1.13. The summed E-state index contributed by atoms with van der Waals surface area (Å²) in [6.45, 7) is 9.97. The van der Waals surface area contributed by atoms with Gasteiger partial charge in [0.05, 0.1) is 0 Å². The van der Waals surface area contributed by atoms with Gasteiger partial charge in [0.1, 0.15) is 5.54 Å². The Bertz CT molecular complexity index is 642. The molecule has 24 heavy (non-hydrogen) atoms. The van der Waals surface area contributed by atoms with E-state index in [-0.39, 0.29) is 23.4 Å². The molecule has 0 aliphatic carbocycles. The van der Waals surface area contributed by atoms with Crippen LogP contribution in [-0.2, 0) is 15.7 Å². The molecule has 2 fully saturated rings. The van der Waals surface area contributed by atoms with E-state index >= 15 is 0 Å². The van der Waals surface area contributed by atoms with Crippen LogP contribution in [0.2, 0.25) is 0 Å². The quantitative estimate of drug-likeness (QED) is 0.820. The maximum Gasteiger partial charge on any atom is 0.325 e. The molecule has 130 valence electrons. The molecule has 1 aromatic rings. The van der Waals surface area contributed by atoms with Crippen molar-refractivity contribution in [1.29, 1.82) is 0 Å². The van der Waals surface area contributed by atoms with Crippen LogP contribution >= 0.6 is 0 Å². The highest BCUT2D eigenvalue weighted by molar-refractivity contribution is 6.07. The van der Waals surface area contributed by atoms with Crippen LogP contribution in [0.25, 0.3) is 0 Å². The van der Waals surface area contributed by atoms with Crippen molar-refractivity contribution in [2.24, 2.45) is 0 Å². The summed E-state index contributed by atoms with van der Waals surface area (Å²) in [7, 11) is 0. The second-order valence-electron chi connectivity index (χ2n) is 8.04. The average Bonchev–Trinajstić information content (AvgIpc) is 2.78. The molecule has 2 aliphatic heterocycles. The van der Waals surface area contributed by atoms with Gasteiger partial charge in [0.25, 0.3) is 5.91 Å². The van der Waals surface area contributed by atoms with Crippen LogP contribution in [0, 0.1) is 0 Å². The van der Waals surface area contributed by atoms with Crippen molar-refractivity contribution in [2.75, 3.05) is 13.1 Å². The maximum absolute atomic E-state index is 13.0. The van der Waals surface area contributed by atoms with Gasteiger partial charge in [-0.15, -0.1) is 0 Å². The molecule has 3 amide bonds. The van der Waals surface area contributed by atoms with Gasteiger partial charge in [0, 0.05) is 6.04 Å². The third kappa shape index (κ3) is 2.81. The fraction of sp³-hybridized carbons (Fsp3) is 0.579. The number of carbonyl (C=O) groups is 2. The molecule has 5 nitrogen and oxygen atoms in total. The lowest BCUT2D eigenvalue weighted by Gasteiger charge is -2.30. The third-order valence-corrected chi connectivity index (χ3v) is 5.22. The van der Waals surface area contributed by atoms with E-state index in [4.69, 9.17) is 0 Å². The lowest BCUT2D eigenvalue weighted by atomic mass is 9.84. The molecule has 0 aromatic heterocycles. The van der Waals surface area contributed by atoms with Gasteiger partial charge >= 0.3 is 6.03 Å². The van der Waals surface area contributed by atoms with Gasteiger partial charge in [0.15, 0.2) is 0 Å². The summed E-state index contributed by atoms with van der Waals surface area (Å²) in [6.07, 6.45) is 1.64. The van der Waals surface area contributed by atoms with Gasteiger partial charge in [-0.1, -0.05) is 45.0 Å². The predicted molar refractivity (Wildman–Crippen MR) is 93.8 cm³/mol. The van der Waals surface area contributed by atoms with Crippen molar-refractivity contribution in [3.05, 3.63) is 35.4 Å². The van der Waals surface area contributed by atoms with E-state index in [0.717, 1.165) is 31.5 Å². The number of urea groups is 1. The summed E-state index contributed by atoms with van der Waals surface area (Å²) < 4.78 is 0. The van der Waals surface area contributed by atoms with Gasteiger partial charge < -0.3 is 10.6 Å². The van der Waals surface area contributed by atoms with Crippen molar-refractivity contribution < 1.29 is 9.59 Å². The maximum atomic E-state index is 13.0. The minimum Gasteiger partial charge on any atom is -0.319 e. The summed E-state index contributed by atoms with van der Waals surface area (Å²) >= 11 is 0. The summed E-state index contributed by atoms with van der Waals surface area (Å²) in [5, 5.41) is 6.19. The van der Waals surface area contributed by atoms with E-state index in [0.29, 0.717) is 0 Å². The monoisotopic (exact) mass is 329 g/mol. The van der Waals surface area contributed by atoms with Gasteiger partial charge in [-0.2, -0.15) is 0 Å². The molecule has 0 spiro atoms. The number of imide groups is 1. The third-order valence-electron chi connectivity index (χ3n) is 5.22. The van der Waals surface area contributed by atoms with E-state index in [9.17, 15) is 9.59 Å². The molecule has 0 saturated carbocycles. The van der Waals surface area contributed by atoms with Crippen molar-refractivity contribution in [2.45, 2.75) is 57.5 Å². The van der Waals surface area contributed by atoms with Crippen molar-refractivity contribution in [1.82, 2.24) is 15.5 Å². The lowest BCUT2D eigenvalue weighted by Crippen LogP contribution is -2.47. The largest absolute Gasteiger partial charge is 0.325 e. The van der Waals surface area contributed by atoms with E-state index < -0.39 is 5.54 Å². The number of hydrogen-bond acceptors (Lipinski definition) is 3. The molecule has 0 radical (unpaired) electrons. The van der Waals surface area contributed by atoms with E-state index in [1.807, 2.05) is 24.3 Å². The Kier molecular flexibility index (Phi) is 4.16. The minimum absolute atomic E-state index is 0.00516. The Labute approximate surface area is 143 Å². The van der Waals surface area contributed by atoms with E-state index in [1.165, 1.54) is 10.5 Å². The molecule has 2 aliphatic rings. The zero-order valence-corrected chi connectivity index (χ0v) is 15.0. The van der Waals surface area contributed by atoms with Gasteiger partial charge in [-0.25, -0.2) is 4.79 Å². The Morgan fingerprint density at radius 2 is 1.67 bits per heavy atom. The van der Waals surface area contributed by atoms with Crippen LogP contribution in [0.3, 0.4) is 0 Å². The number of nitrogens with zero attached hydrogens (tertiary/aromatic N) is 1. The molecule has 1 atom stereocenters. The molecule has 2 heterocycles. The first-order chi connectivity index (χ1) is 11.2. The van der Waals surface area contributed by atoms with Crippen molar-refractivity contribution in [3.63, 3.8) is 0 Å². The molecular formula is C19H27N3O2. The van der Waals surface area contributed by atoms with Crippen LogP contribution in [0.15, 0.2) is 24.3 Å². The standard InChI is InChI=1S/C19H27N3O2/c1-18(2,3)13-5-7-14(8-6-13)19(4)16(23)22(17(24)21-19)15-9-11-20-12-10-15/h5-8,15,20H,9-12H2,1-4H3,(H,21,24). The number of piperidine rings is 1. The highest BCUT2D eigenvalue weighted by Crippen LogP contribution is 2.33. The molecule has 3 rings (SSSR count). The fourth-order valence-corrected chi connectivity index (χ4v) is 3.56. The zero-order chi connectivity index (χ0) is 17.5. The first-order valence-electron chi connectivity index (χ1n) is 8.71. The molecule has 2 N–H and O–H groups in total. The smallest absolute Gasteiger partial charge is 0.319 e. The number of nitrogens with one attached hydrogen (secondary N) is 2. The Hall–Kier alpha value is -1.88. The van der Waals surface area contributed by atoms with E-state index in [2.05, 4.69) is 31.4 Å². The molecular weight excluding hydrogens is 302 g/mol. The summed E-state index contributed by atoms with van der Waals surface area (Å²) in [6, 6.07) is 7.75. The van der Waals surface area contributed by atoms with Crippen LogP contribution in [0.1, 0.15) is 51.7 Å². The topological polar surface area (TPSA) is 61.4 Å². The molecule has 5 heteroatoms. The SMILES string of the molecule is CC(C)(C)c1ccc(C2(C)NC(=O)N(C3CCNCC3)C2=O)cc1. The Balaban J connectivity index is 1.87. The zero-order valence-electron chi connectivity index (χ0n) is 15.0. The first kappa shape index (κ1) is 17.0. The second kappa shape index (κ2) is 5.88. The molecule has 2 saturated heterocycles. The van der Waals surface area contributed by atoms with E-state index in [1.54, 1.807) is 6.92 Å². The minimum atomic E-state index is -0.974. The molecule has 1 unspecified atom stereocenters. The first-order valence-corrected chi connectivity index (χ1v) is 8.71. The second-order valence-corrected chi connectivity index (χ2v) is 8.04. The van der Waals surface area contributed by atoms with Gasteiger partial charge in [0.2, 0.25) is 0 Å². The number of hydrogen-bond donors (Lipinski definition) is 2. The number of rotatable bonds is 2. The van der Waals surface area contributed by atoms with Crippen LogP contribution in [-0.4, -0.2) is 36.0 Å². The molecule has 1 aromatic carbocycles. The average molecular weight is 329 g/mol. The van der Waals surface area contributed by atoms with Crippen LogP contribution in [0.5, 0.6) is 0 Å². The van der Waals surface area contributed by atoms with Crippen molar-refractivity contribution >= 4 is 11.9 Å². The Morgan fingerprint density at radius 3 is 2.21 bits per heavy atom. The highest BCUT2D eigenvalue weighted by atomic mass is 16.2. The Morgan fingerprint density at radius 1 is 1.08 bits per heavy atom. The number of amides is 3. The van der Waals surface area contributed by atoms with Crippen molar-refractivity contribution in [3.8, 4) is 0 Å². The lowest BCUT2D eigenvalue weighted by molar-refractivity contribution is -0.133. The van der Waals surface area contributed by atoms with Crippen LogP contribution < -0.4 is 10.6 Å². The number of benzene rings is 1. The highest BCUT2D eigenvalue weighted by Gasteiger charge is 2.51. The summed E-state index contributed by atoms with van der Waals surface area (Å²) in [4.78, 5) is 27.0. The molecule has 0 bridgehead atoms. The predicted octanol–water partition coefficient (Wildman–Crippen LogP) is 2.50. The van der Waals surface area contributed by atoms with Gasteiger partial charge in [-0.05, 0) is 49.4 Å².